The predicted octanol–water partition coefficient (Wildman–Crippen LogP) is 3.33. The third kappa shape index (κ3) is 2.72. The molecular weight excluding hydrogens is 198 g/mol. The van der Waals surface area contributed by atoms with Gasteiger partial charge in [0.25, 0.3) is 0 Å². The van der Waals surface area contributed by atoms with Crippen LogP contribution in [-0.4, -0.2) is 18.9 Å². The Morgan fingerprint density at radius 2 is 2.19 bits per heavy atom. The zero-order valence-corrected chi connectivity index (χ0v) is 9.81. The van der Waals surface area contributed by atoms with Crippen LogP contribution in [0, 0.1) is 0 Å². The highest BCUT2D eigenvalue weighted by atomic mass is 16.5. The number of hydrogen-bond donors (Lipinski definition) is 0. The van der Waals surface area contributed by atoms with E-state index in [4.69, 9.17) is 4.74 Å². The Bertz CT molecular complexity index is 418. The molecule has 0 aliphatic carbocycles. The summed E-state index contributed by atoms with van der Waals surface area (Å²) in [7, 11) is 0. The maximum atomic E-state index is 5.68. The van der Waals surface area contributed by atoms with Crippen molar-refractivity contribution in [3.63, 3.8) is 0 Å². The van der Waals surface area contributed by atoms with Crippen LogP contribution in [0.3, 0.4) is 0 Å². The first kappa shape index (κ1) is 10.9. The third-order valence-electron chi connectivity index (χ3n) is 2.46. The van der Waals surface area contributed by atoms with Gasteiger partial charge < -0.3 is 4.74 Å². The molecule has 1 aliphatic heterocycles. The van der Waals surface area contributed by atoms with Crippen molar-refractivity contribution in [2.45, 2.75) is 26.4 Å². The lowest BCUT2D eigenvalue weighted by Crippen LogP contribution is -2.05. The van der Waals surface area contributed by atoms with E-state index in [2.05, 4.69) is 23.2 Å². The molecule has 1 heterocycles. The second-order valence-corrected chi connectivity index (χ2v) is 4.18. The van der Waals surface area contributed by atoms with Gasteiger partial charge in [0.1, 0.15) is 5.75 Å². The van der Waals surface area contributed by atoms with Crippen LogP contribution < -0.4 is 4.74 Å². The standard InChI is InChI=1S/C14H17NO/c1-11(2)16-14-5-3-4-13(10-14)12-6-8-15-9-7-12/h3-6,9-11H,7-8H2,1-2H3. The van der Waals surface area contributed by atoms with Crippen LogP contribution in [0.1, 0.15) is 25.8 Å². The first-order valence-electron chi connectivity index (χ1n) is 5.70. The molecule has 0 aromatic heterocycles. The molecule has 0 N–H and O–H groups in total. The van der Waals surface area contributed by atoms with E-state index in [-0.39, 0.29) is 6.10 Å². The number of benzene rings is 1. The summed E-state index contributed by atoms with van der Waals surface area (Å²) < 4.78 is 5.68. The normalized spacial score (nSPS) is 15.1. The van der Waals surface area contributed by atoms with E-state index in [1.54, 1.807) is 0 Å². The highest BCUT2D eigenvalue weighted by Gasteiger charge is 2.05. The molecule has 2 rings (SSSR count). The van der Waals surface area contributed by atoms with Gasteiger partial charge in [-0.1, -0.05) is 18.2 Å². The van der Waals surface area contributed by atoms with Crippen LogP contribution in [-0.2, 0) is 0 Å². The number of rotatable bonds is 3. The van der Waals surface area contributed by atoms with E-state index in [9.17, 15) is 0 Å². The van der Waals surface area contributed by atoms with Gasteiger partial charge in [-0.15, -0.1) is 0 Å². The fourth-order valence-electron chi connectivity index (χ4n) is 1.76. The molecule has 1 aromatic rings. The van der Waals surface area contributed by atoms with Gasteiger partial charge in [-0.2, -0.15) is 0 Å². The summed E-state index contributed by atoms with van der Waals surface area (Å²) in [6.45, 7) is 4.88. The smallest absolute Gasteiger partial charge is 0.120 e. The minimum absolute atomic E-state index is 0.220. The summed E-state index contributed by atoms with van der Waals surface area (Å²) in [4.78, 5) is 4.19. The Morgan fingerprint density at radius 1 is 1.31 bits per heavy atom. The van der Waals surface area contributed by atoms with Crippen LogP contribution in [0.5, 0.6) is 5.75 Å². The summed E-state index contributed by atoms with van der Waals surface area (Å²) in [5.74, 6) is 0.941. The lowest BCUT2D eigenvalue weighted by molar-refractivity contribution is 0.242. The fourth-order valence-corrected chi connectivity index (χ4v) is 1.76. The van der Waals surface area contributed by atoms with Crippen molar-refractivity contribution in [2.24, 2.45) is 4.99 Å². The number of aliphatic imine (C=N–C) groups is 1. The Hall–Kier alpha value is -1.57. The molecule has 0 saturated carbocycles. The van der Waals surface area contributed by atoms with E-state index >= 15 is 0 Å². The largest absolute Gasteiger partial charge is 0.491 e. The van der Waals surface area contributed by atoms with E-state index in [0.717, 1.165) is 18.7 Å². The van der Waals surface area contributed by atoms with Crippen molar-refractivity contribution in [1.82, 2.24) is 0 Å². The summed E-state index contributed by atoms with van der Waals surface area (Å²) in [5.41, 5.74) is 2.58. The van der Waals surface area contributed by atoms with E-state index in [0.29, 0.717) is 0 Å². The zero-order valence-electron chi connectivity index (χ0n) is 9.81. The molecule has 16 heavy (non-hydrogen) atoms. The van der Waals surface area contributed by atoms with Crippen LogP contribution in [0.25, 0.3) is 5.57 Å². The molecule has 0 saturated heterocycles. The summed E-state index contributed by atoms with van der Waals surface area (Å²) in [6, 6.07) is 8.27. The van der Waals surface area contributed by atoms with Crippen molar-refractivity contribution >= 4 is 11.8 Å². The van der Waals surface area contributed by atoms with Crippen molar-refractivity contribution in [3.8, 4) is 5.75 Å². The van der Waals surface area contributed by atoms with Gasteiger partial charge in [0.05, 0.1) is 12.6 Å². The minimum Gasteiger partial charge on any atom is -0.491 e. The third-order valence-corrected chi connectivity index (χ3v) is 2.46. The van der Waals surface area contributed by atoms with Gasteiger partial charge >= 0.3 is 0 Å². The van der Waals surface area contributed by atoms with Gasteiger partial charge in [0.2, 0.25) is 0 Å². The van der Waals surface area contributed by atoms with E-state index < -0.39 is 0 Å². The highest BCUT2D eigenvalue weighted by Crippen LogP contribution is 2.23. The lowest BCUT2D eigenvalue weighted by atomic mass is 10.0. The monoisotopic (exact) mass is 215 g/mol. The molecule has 2 nitrogen and oxygen atoms in total. The summed E-state index contributed by atoms with van der Waals surface area (Å²) in [5, 5.41) is 0. The van der Waals surface area contributed by atoms with Crippen LogP contribution >= 0.6 is 0 Å². The first-order chi connectivity index (χ1) is 7.75. The Morgan fingerprint density at radius 3 is 2.88 bits per heavy atom. The van der Waals surface area contributed by atoms with Crippen molar-refractivity contribution in [1.29, 1.82) is 0 Å². The quantitative estimate of drug-likeness (QED) is 0.757. The molecular formula is C14H17NO. The molecule has 1 aromatic carbocycles. The molecule has 0 radical (unpaired) electrons. The number of ether oxygens (including phenoxy) is 1. The molecule has 0 atom stereocenters. The predicted molar refractivity (Wildman–Crippen MR) is 68.2 cm³/mol. The highest BCUT2D eigenvalue weighted by molar-refractivity contribution is 5.81. The summed E-state index contributed by atoms with van der Waals surface area (Å²) >= 11 is 0. The number of nitrogens with zero attached hydrogens (tertiary/aromatic N) is 1. The van der Waals surface area contributed by atoms with Gasteiger partial charge in [0.15, 0.2) is 0 Å². The van der Waals surface area contributed by atoms with E-state index in [1.807, 2.05) is 32.2 Å². The van der Waals surface area contributed by atoms with E-state index in [1.165, 1.54) is 11.1 Å². The second-order valence-electron chi connectivity index (χ2n) is 4.18. The van der Waals surface area contributed by atoms with Gasteiger partial charge in [0, 0.05) is 12.6 Å². The minimum atomic E-state index is 0.220. The SMILES string of the molecule is CC(C)Oc1cccc(C2=CCN=CC2)c1. The fraction of sp³-hybridized carbons (Fsp3) is 0.357. The maximum absolute atomic E-state index is 5.68. The van der Waals surface area contributed by atoms with Gasteiger partial charge in [-0.25, -0.2) is 0 Å². The molecule has 0 fully saturated rings. The number of allylic oxidation sites excluding steroid dienone is 1. The lowest BCUT2D eigenvalue weighted by Gasteiger charge is -2.13. The summed E-state index contributed by atoms with van der Waals surface area (Å²) in [6.07, 6.45) is 5.29. The van der Waals surface area contributed by atoms with Gasteiger partial charge in [-0.05, 0) is 37.1 Å². The molecule has 2 heteroatoms. The average molecular weight is 215 g/mol. The van der Waals surface area contributed by atoms with Crippen LogP contribution in [0.4, 0.5) is 0 Å². The Balaban J connectivity index is 2.18. The van der Waals surface area contributed by atoms with Crippen LogP contribution in [0.2, 0.25) is 0 Å². The van der Waals surface area contributed by atoms with Crippen molar-refractivity contribution in [2.75, 3.05) is 6.54 Å². The molecule has 84 valence electrons. The number of dihydropyridines is 1. The Labute approximate surface area is 96.7 Å². The first-order valence-corrected chi connectivity index (χ1v) is 5.70. The topological polar surface area (TPSA) is 21.6 Å². The Kier molecular flexibility index (Phi) is 3.40. The average Bonchev–Trinajstić information content (AvgIpc) is 2.30. The number of hydrogen-bond acceptors (Lipinski definition) is 2. The maximum Gasteiger partial charge on any atom is 0.120 e. The van der Waals surface area contributed by atoms with Crippen LogP contribution in [0.15, 0.2) is 35.3 Å². The van der Waals surface area contributed by atoms with Gasteiger partial charge in [-0.3, -0.25) is 4.99 Å². The molecule has 0 unspecified atom stereocenters. The zero-order chi connectivity index (χ0) is 11.4. The molecule has 0 bridgehead atoms. The van der Waals surface area contributed by atoms with Crippen molar-refractivity contribution in [3.05, 3.63) is 35.9 Å². The second kappa shape index (κ2) is 4.97. The molecule has 1 aliphatic rings. The van der Waals surface area contributed by atoms with Crippen molar-refractivity contribution < 1.29 is 4.74 Å². The molecule has 0 spiro atoms. The molecule has 0 amide bonds.